The van der Waals surface area contributed by atoms with Gasteiger partial charge in [0.15, 0.2) is 11.5 Å². The smallest absolute Gasteiger partial charge is 0.251 e. The number of methoxy groups -OCH3 is 1. The van der Waals surface area contributed by atoms with Crippen molar-refractivity contribution in [3.63, 3.8) is 0 Å². The van der Waals surface area contributed by atoms with Crippen LogP contribution >= 0.6 is 11.6 Å². The fraction of sp³-hybridized carbons (Fsp3) is 0.200. The SMILES string of the molecule is COc1ccccc1OCCn1c(CCNC(=O)c2ccc(Cl)cc2)nc2ccccc21. The summed E-state index contributed by atoms with van der Waals surface area (Å²) in [6.07, 6.45) is 0.600. The molecular weight excluding hydrogens is 426 g/mol. The molecule has 1 amide bonds. The Morgan fingerprint density at radius 2 is 1.72 bits per heavy atom. The van der Waals surface area contributed by atoms with E-state index < -0.39 is 0 Å². The molecule has 0 aliphatic rings. The van der Waals surface area contributed by atoms with E-state index in [9.17, 15) is 4.79 Å². The largest absolute Gasteiger partial charge is 0.493 e. The number of carbonyl (C=O) groups is 1. The summed E-state index contributed by atoms with van der Waals surface area (Å²) in [7, 11) is 1.63. The van der Waals surface area contributed by atoms with E-state index in [0.29, 0.717) is 48.2 Å². The molecule has 32 heavy (non-hydrogen) atoms. The third kappa shape index (κ3) is 5.03. The number of imidazole rings is 1. The van der Waals surface area contributed by atoms with Crippen LogP contribution in [0.3, 0.4) is 0 Å². The fourth-order valence-electron chi connectivity index (χ4n) is 3.54. The predicted octanol–water partition coefficient (Wildman–Crippen LogP) is 4.75. The number of para-hydroxylation sites is 4. The van der Waals surface area contributed by atoms with Gasteiger partial charge in [-0.2, -0.15) is 0 Å². The fourth-order valence-corrected chi connectivity index (χ4v) is 3.67. The normalized spacial score (nSPS) is 10.8. The summed E-state index contributed by atoms with van der Waals surface area (Å²) in [6.45, 7) is 1.56. The van der Waals surface area contributed by atoms with Crippen molar-refractivity contribution in [2.24, 2.45) is 0 Å². The topological polar surface area (TPSA) is 65.4 Å². The maximum Gasteiger partial charge on any atom is 0.251 e. The summed E-state index contributed by atoms with van der Waals surface area (Å²) < 4.78 is 13.5. The van der Waals surface area contributed by atoms with Crippen molar-refractivity contribution < 1.29 is 14.3 Å². The number of benzene rings is 3. The summed E-state index contributed by atoms with van der Waals surface area (Å²) >= 11 is 5.89. The Bertz CT molecular complexity index is 1200. The zero-order valence-electron chi connectivity index (χ0n) is 17.8. The van der Waals surface area contributed by atoms with Crippen LogP contribution in [-0.4, -0.2) is 35.7 Å². The lowest BCUT2D eigenvalue weighted by Crippen LogP contribution is -2.26. The standard InChI is InChI=1S/C25H24ClN3O3/c1-31-22-8-4-5-9-23(22)32-17-16-29-21-7-3-2-6-20(21)28-24(29)14-15-27-25(30)18-10-12-19(26)13-11-18/h2-13H,14-17H2,1H3,(H,27,30). The van der Waals surface area contributed by atoms with E-state index in [-0.39, 0.29) is 5.91 Å². The zero-order valence-corrected chi connectivity index (χ0v) is 18.5. The predicted molar refractivity (Wildman–Crippen MR) is 126 cm³/mol. The number of ether oxygens (including phenoxy) is 2. The maximum atomic E-state index is 12.4. The second kappa shape index (κ2) is 10.2. The summed E-state index contributed by atoms with van der Waals surface area (Å²) in [5, 5.41) is 3.55. The van der Waals surface area contributed by atoms with Gasteiger partial charge in [0.25, 0.3) is 5.91 Å². The molecule has 0 unspecified atom stereocenters. The Labute approximate surface area is 191 Å². The van der Waals surface area contributed by atoms with Crippen molar-refractivity contribution in [2.45, 2.75) is 13.0 Å². The third-order valence-electron chi connectivity index (χ3n) is 5.12. The average Bonchev–Trinajstić information content (AvgIpc) is 3.17. The number of hydrogen-bond donors (Lipinski definition) is 1. The molecule has 0 spiro atoms. The molecule has 3 aromatic carbocycles. The first-order valence-electron chi connectivity index (χ1n) is 10.4. The highest BCUT2D eigenvalue weighted by Crippen LogP contribution is 2.26. The Morgan fingerprint density at radius 3 is 2.50 bits per heavy atom. The molecule has 4 aromatic rings. The molecule has 4 rings (SSSR count). The molecule has 0 aliphatic carbocycles. The minimum atomic E-state index is -0.135. The number of amides is 1. The Balaban J connectivity index is 1.43. The Kier molecular flexibility index (Phi) is 6.92. The van der Waals surface area contributed by atoms with Gasteiger partial charge in [0.2, 0.25) is 0 Å². The molecule has 0 radical (unpaired) electrons. The van der Waals surface area contributed by atoms with Crippen LogP contribution in [0.4, 0.5) is 0 Å². The second-order valence-corrected chi connectivity index (χ2v) is 7.62. The van der Waals surface area contributed by atoms with Gasteiger partial charge >= 0.3 is 0 Å². The van der Waals surface area contributed by atoms with Crippen LogP contribution in [0, 0.1) is 0 Å². The molecule has 0 atom stereocenters. The first kappa shape index (κ1) is 21.7. The third-order valence-corrected chi connectivity index (χ3v) is 5.37. The second-order valence-electron chi connectivity index (χ2n) is 7.18. The molecule has 0 bridgehead atoms. The number of carbonyl (C=O) groups excluding carboxylic acids is 1. The molecule has 7 heteroatoms. The van der Waals surface area contributed by atoms with Crippen molar-refractivity contribution >= 4 is 28.5 Å². The van der Waals surface area contributed by atoms with Gasteiger partial charge in [0.05, 0.1) is 24.7 Å². The van der Waals surface area contributed by atoms with Crippen molar-refractivity contribution in [3.05, 3.63) is 89.2 Å². The van der Waals surface area contributed by atoms with Crippen molar-refractivity contribution in [1.82, 2.24) is 14.9 Å². The molecule has 1 heterocycles. The first-order valence-corrected chi connectivity index (χ1v) is 10.8. The Morgan fingerprint density at radius 1 is 1.00 bits per heavy atom. The van der Waals surface area contributed by atoms with E-state index in [0.717, 1.165) is 16.9 Å². The summed E-state index contributed by atoms with van der Waals surface area (Å²) in [4.78, 5) is 17.1. The van der Waals surface area contributed by atoms with Crippen LogP contribution in [0.5, 0.6) is 11.5 Å². The lowest BCUT2D eigenvalue weighted by Gasteiger charge is -2.13. The molecule has 6 nitrogen and oxygen atoms in total. The van der Waals surface area contributed by atoms with Gasteiger partial charge < -0.3 is 19.4 Å². The molecule has 1 aromatic heterocycles. The van der Waals surface area contributed by atoms with Gasteiger partial charge in [-0.25, -0.2) is 4.98 Å². The number of rotatable bonds is 9. The van der Waals surface area contributed by atoms with Crippen LogP contribution in [0.25, 0.3) is 11.0 Å². The first-order chi connectivity index (χ1) is 15.7. The number of halogens is 1. The van der Waals surface area contributed by atoms with E-state index in [1.54, 1.807) is 31.4 Å². The number of hydrogen-bond acceptors (Lipinski definition) is 4. The lowest BCUT2D eigenvalue weighted by atomic mass is 10.2. The highest BCUT2D eigenvalue weighted by Gasteiger charge is 2.12. The van der Waals surface area contributed by atoms with Gasteiger partial charge in [-0.3, -0.25) is 4.79 Å². The molecule has 0 saturated carbocycles. The molecule has 0 saturated heterocycles. The molecule has 164 valence electrons. The van der Waals surface area contributed by atoms with Crippen molar-refractivity contribution in [3.8, 4) is 11.5 Å². The van der Waals surface area contributed by atoms with Gasteiger partial charge in [-0.1, -0.05) is 35.9 Å². The summed E-state index contributed by atoms with van der Waals surface area (Å²) in [5.41, 5.74) is 2.53. The van der Waals surface area contributed by atoms with E-state index in [2.05, 4.69) is 9.88 Å². The quantitative estimate of drug-likeness (QED) is 0.400. The molecule has 0 aliphatic heterocycles. The number of nitrogens with zero attached hydrogens (tertiary/aromatic N) is 2. The lowest BCUT2D eigenvalue weighted by molar-refractivity contribution is 0.0954. The summed E-state index contributed by atoms with van der Waals surface area (Å²) in [5.74, 6) is 2.17. The van der Waals surface area contributed by atoms with Crippen LogP contribution in [0.15, 0.2) is 72.8 Å². The molecular formula is C25H24ClN3O3. The number of nitrogens with one attached hydrogen (secondary N) is 1. The minimum Gasteiger partial charge on any atom is -0.493 e. The van der Waals surface area contributed by atoms with Gasteiger partial charge in [0, 0.05) is 23.6 Å². The van der Waals surface area contributed by atoms with Gasteiger partial charge in [0.1, 0.15) is 12.4 Å². The zero-order chi connectivity index (χ0) is 22.3. The van der Waals surface area contributed by atoms with Crippen LogP contribution in [0.1, 0.15) is 16.2 Å². The summed E-state index contributed by atoms with van der Waals surface area (Å²) in [6, 6.07) is 22.4. The van der Waals surface area contributed by atoms with E-state index in [1.807, 2.05) is 48.5 Å². The monoisotopic (exact) mass is 449 g/mol. The Hall–Kier alpha value is -3.51. The average molecular weight is 450 g/mol. The van der Waals surface area contributed by atoms with Crippen molar-refractivity contribution in [2.75, 3.05) is 20.3 Å². The van der Waals surface area contributed by atoms with E-state index in [4.69, 9.17) is 26.1 Å². The van der Waals surface area contributed by atoms with Gasteiger partial charge in [-0.15, -0.1) is 0 Å². The highest BCUT2D eigenvalue weighted by molar-refractivity contribution is 6.30. The van der Waals surface area contributed by atoms with Gasteiger partial charge in [-0.05, 0) is 48.5 Å². The maximum absolute atomic E-state index is 12.4. The van der Waals surface area contributed by atoms with Crippen LogP contribution in [-0.2, 0) is 13.0 Å². The minimum absolute atomic E-state index is 0.135. The van der Waals surface area contributed by atoms with Crippen molar-refractivity contribution in [1.29, 1.82) is 0 Å². The molecule has 0 fully saturated rings. The number of fused-ring (bicyclic) bond motifs is 1. The molecule has 1 N–H and O–H groups in total. The number of aromatic nitrogens is 2. The van der Waals surface area contributed by atoms with Crippen LogP contribution in [0.2, 0.25) is 5.02 Å². The van der Waals surface area contributed by atoms with Crippen LogP contribution < -0.4 is 14.8 Å². The highest BCUT2D eigenvalue weighted by atomic mass is 35.5. The van der Waals surface area contributed by atoms with E-state index in [1.165, 1.54) is 0 Å². The van der Waals surface area contributed by atoms with E-state index >= 15 is 0 Å².